The number of anilines is 2. The number of rotatable bonds is 8. The van der Waals surface area contributed by atoms with Gasteiger partial charge in [0.15, 0.2) is 0 Å². The molecule has 0 saturated heterocycles. The standard InChI is InChI=1S/C13H21N3O4S/c1-4-19-7-6-16-12-8(13(18)20-5-2)9(14)10(21-12)11(17)15-3/h16H,4-7,14H2,1-3H3,(H,15,17). The molecule has 0 aromatic carbocycles. The Hall–Kier alpha value is -1.80. The Bertz CT molecular complexity index is 502. The zero-order valence-corrected chi connectivity index (χ0v) is 13.3. The Morgan fingerprint density at radius 1 is 1.29 bits per heavy atom. The van der Waals surface area contributed by atoms with Crippen molar-refractivity contribution in [1.29, 1.82) is 0 Å². The molecule has 0 bridgehead atoms. The van der Waals surface area contributed by atoms with E-state index in [0.717, 1.165) is 11.3 Å². The molecule has 0 aliphatic rings. The number of hydrogen-bond acceptors (Lipinski definition) is 7. The average molecular weight is 315 g/mol. The summed E-state index contributed by atoms with van der Waals surface area (Å²) >= 11 is 1.13. The van der Waals surface area contributed by atoms with Crippen LogP contribution < -0.4 is 16.4 Å². The predicted molar refractivity (Wildman–Crippen MR) is 83.1 cm³/mol. The van der Waals surface area contributed by atoms with Crippen molar-refractivity contribution in [3.63, 3.8) is 0 Å². The van der Waals surface area contributed by atoms with Gasteiger partial charge in [0.2, 0.25) is 0 Å². The summed E-state index contributed by atoms with van der Waals surface area (Å²) in [6.45, 7) is 5.46. The van der Waals surface area contributed by atoms with E-state index in [9.17, 15) is 9.59 Å². The number of carbonyl (C=O) groups excluding carboxylic acids is 2. The second-order valence-corrected chi connectivity index (χ2v) is 4.99. The van der Waals surface area contributed by atoms with Crippen LogP contribution in [0.25, 0.3) is 0 Å². The van der Waals surface area contributed by atoms with Crippen LogP contribution in [0.4, 0.5) is 10.7 Å². The second kappa shape index (κ2) is 8.48. The summed E-state index contributed by atoms with van der Waals surface area (Å²) in [7, 11) is 1.51. The van der Waals surface area contributed by atoms with Crippen LogP contribution in [0.3, 0.4) is 0 Å². The third-order valence-electron chi connectivity index (χ3n) is 2.59. The van der Waals surface area contributed by atoms with E-state index in [1.54, 1.807) is 6.92 Å². The Kier molecular flexibility index (Phi) is 6.97. The van der Waals surface area contributed by atoms with Crippen molar-refractivity contribution in [2.75, 3.05) is 44.5 Å². The highest BCUT2D eigenvalue weighted by Crippen LogP contribution is 2.36. The maximum Gasteiger partial charge on any atom is 0.343 e. The number of amides is 1. The highest BCUT2D eigenvalue weighted by molar-refractivity contribution is 7.19. The summed E-state index contributed by atoms with van der Waals surface area (Å²) in [6, 6.07) is 0. The van der Waals surface area contributed by atoms with Gasteiger partial charge in [-0.1, -0.05) is 0 Å². The Morgan fingerprint density at radius 3 is 2.57 bits per heavy atom. The molecule has 21 heavy (non-hydrogen) atoms. The number of nitrogens with two attached hydrogens (primary N) is 1. The van der Waals surface area contributed by atoms with Gasteiger partial charge in [-0.25, -0.2) is 4.79 Å². The van der Waals surface area contributed by atoms with E-state index in [1.165, 1.54) is 7.05 Å². The summed E-state index contributed by atoms with van der Waals surface area (Å²) in [5, 5.41) is 6.07. The van der Waals surface area contributed by atoms with Gasteiger partial charge in [0.1, 0.15) is 15.4 Å². The number of hydrogen-bond donors (Lipinski definition) is 3. The monoisotopic (exact) mass is 315 g/mol. The number of ether oxygens (including phenoxy) is 2. The molecule has 8 heteroatoms. The van der Waals surface area contributed by atoms with Crippen LogP contribution in [-0.2, 0) is 9.47 Å². The van der Waals surface area contributed by atoms with Gasteiger partial charge in [-0.2, -0.15) is 0 Å². The third-order valence-corrected chi connectivity index (χ3v) is 3.76. The van der Waals surface area contributed by atoms with Crippen LogP contribution in [0.15, 0.2) is 0 Å². The molecule has 0 spiro atoms. The number of carbonyl (C=O) groups is 2. The van der Waals surface area contributed by atoms with Crippen molar-refractivity contribution in [3.8, 4) is 0 Å². The Labute approximate surface area is 127 Å². The molecule has 1 rings (SSSR count). The number of nitrogen functional groups attached to an aromatic ring is 1. The minimum Gasteiger partial charge on any atom is -0.462 e. The van der Waals surface area contributed by atoms with Crippen molar-refractivity contribution in [2.45, 2.75) is 13.8 Å². The number of esters is 1. The summed E-state index contributed by atoms with van der Waals surface area (Å²) < 4.78 is 10.2. The fraction of sp³-hybridized carbons (Fsp3) is 0.538. The molecule has 0 aliphatic heterocycles. The van der Waals surface area contributed by atoms with E-state index in [0.29, 0.717) is 29.6 Å². The largest absolute Gasteiger partial charge is 0.462 e. The maximum atomic E-state index is 12.0. The lowest BCUT2D eigenvalue weighted by atomic mass is 10.2. The molecule has 118 valence electrons. The van der Waals surface area contributed by atoms with Crippen molar-refractivity contribution in [2.24, 2.45) is 0 Å². The summed E-state index contributed by atoms with van der Waals surface area (Å²) in [6.07, 6.45) is 0. The molecule has 1 amide bonds. The van der Waals surface area contributed by atoms with E-state index in [1.807, 2.05) is 6.92 Å². The molecule has 1 aromatic heterocycles. The SMILES string of the molecule is CCOCCNc1sc(C(=O)NC)c(N)c1C(=O)OCC. The molecule has 0 fully saturated rings. The first-order valence-corrected chi connectivity index (χ1v) is 7.51. The van der Waals surface area contributed by atoms with Crippen molar-refractivity contribution >= 4 is 33.9 Å². The van der Waals surface area contributed by atoms with Crippen LogP contribution in [0.2, 0.25) is 0 Å². The van der Waals surface area contributed by atoms with Gasteiger partial charge in [-0.3, -0.25) is 4.79 Å². The number of nitrogens with one attached hydrogen (secondary N) is 2. The lowest BCUT2D eigenvalue weighted by Crippen LogP contribution is -2.18. The van der Waals surface area contributed by atoms with Crippen LogP contribution in [0, 0.1) is 0 Å². The molecular formula is C13H21N3O4S. The fourth-order valence-electron chi connectivity index (χ4n) is 1.64. The summed E-state index contributed by atoms with van der Waals surface area (Å²) in [5.41, 5.74) is 6.26. The van der Waals surface area contributed by atoms with E-state index in [4.69, 9.17) is 15.2 Å². The van der Waals surface area contributed by atoms with Gasteiger partial charge in [0.05, 0.1) is 18.9 Å². The molecule has 1 heterocycles. The molecule has 0 radical (unpaired) electrons. The van der Waals surface area contributed by atoms with Gasteiger partial charge >= 0.3 is 5.97 Å². The van der Waals surface area contributed by atoms with Gasteiger partial charge in [-0.15, -0.1) is 11.3 Å². The molecular weight excluding hydrogens is 294 g/mol. The zero-order chi connectivity index (χ0) is 15.8. The minimum atomic E-state index is -0.541. The average Bonchev–Trinajstić information content (AvgIpc) is 2.80. The lowest BCUT2D eigenvalue weighted by molar-refractivity contribution is 0.0529. The highest BCUT2D eigenvalue weighted by Gasteiger charge is 2.25. The van der Waals surface area contributed by atoms with Crippen molar-refractivity contribution in [3.05, 3.63) is 10.4 Å². The Morgan fingerprint density at radius 2 is 2.00 bits per heavy atom. The molecule has 7 nitrogen and oxygen atoms in total. The minimum absolute atomic E-state index is 0.136. The quantitative estimate of drug-likeness (QED) is 0.494. The fourth-order valence-corrected chi connectivity index (χ4v) is 2.72. The second-order valence-electron chi connectivity index (χ2n) is 3.97. The van der Waals surface area contributed by atoms with Gasteiger partial charge < -0.3 is 25.8 Å². The summed E-state index contributed by atoms with van der Waals surface area (Å²) in [5.74, 6) is -0.874. The molecule has 0 unspecified atom stereocenters. The van der Waals surface area contributed by atoms with E-state index in [2.05, 4.69) is 10.6 Å². The van der Waals surface area contributed by atoms with Crippen molar-refractivity contribution < 1.29 is 19.1 Å². The highest BCUT2D eigenvalue weighted by atomic mass is 32.1. The first-order valence-electron chi connectivity index (χ1n) is 6.69. The lowest BCUT2D eigenvalue weighted by Gasteiger charge is -2.07. The first-order chi connectivity index (χ1) is 10.1. The molecule has 4 N–H and O–H groups in total. The molecule has 1 aromatic rings. The van der Waals surface area contributed by atoms with E-state index in [-0.39, 0.29) is 23.8 Å². The smallest absolute Gasteiger partial charge is 0.343 e. The van der Waals surface area contributed by atoms with Gasteiger partial charge in [0, 0.05) is 20.2 Å². The third kappa shape index (κ3) is 4.33. The van der Waals surface area contributed by atoms with Crippen LogP contribution in [0.1, 0.15) is 33.9 Å². The van der Waals surface area contributed by atoms with E-state index >= 15 is 0 Å². The van der Waals surface area contributed by atoms with Crippen molar-refractivity contribution in [1.82, 2.24) is 5.32 Å². The number of thiophene rings is 1. The maximum absolute atomic E-state index is 12.0. The van der Waals surface area contributed by atoms with E-state index < -0.39 is 5.97 Å². The van der Waals surface area contributed by atoms with Crippen LogP contribution in [-0.4, -0.2) is 45.3 Å². The van der Waals surface area contributed by atoms with Crippen LogP contribution in [0.5, 0.6) is 0 Å². The summed E-state index contributed by atoms with van der Waals surface area (Å²) in [4.78, 5) is 24.1. The predicted octanol–water partition coefficient (Wildman–Crippen LogP) is 1.31. The normalized spacial score (nSPS) is 10.2. The zero-order valence-electron chi connectivity index (χ0n) is 12.4. The Balaban J connectivity index is 3.02. The molecule has 0 aliphatic carbocycles. The van der Waals surface area contributed by atoms with Gasteiger partial charge in [0.25, 0.3) is 5.91 Å². The van der Waals surface area contributed by atoms with Gasteiger partial charge in [-0.05, 0) is 13.8 Å². The first kappa shape index (κ1) is 17.3. The molecule has 0 atom stereocenters. The molecule has 0 saturated carbocycles. The topological polar surface area (TPSA) is 103 Å². The van der Waals surface area contributed by atoms with Crippen LogP contribution >= 0.6 is 11.3 Å².